The molecule has 1 unspecified atom stereocenters. The first-order valence-corrected chi connectivity index (χ1v) is 12.0. The molecule has 3 saturated carbocycles. The van der Waals surface area contributed by atoms with Crippen molar-refractivity contribution in [2.75, 3.05) is 33.7 Å². The zero-order valence-electron chi connectivity index (χ0n) is 18.8. The summed E-state index contributed by atoms with van der Waals surface area (Å²) in [6.45, 7) is 2.52. The Morgan fingerprint density at radius 1 is 1.00 bits per heavy atom. The molecule has 5 heteroatoms. The van der Waals surface area contributed by atoms with Crippen LogP contribution < -0.4 is 0 Å². The predicted octanol–water partition coefficient (Wildman–Crippen LogP) is 2.97. The Kier molecular flexibility index (Phi) is 5.27. The Morgan fingerprint density at radius 3 is 2.20 bits per heavy atom. The Hall–Kier alpha value is -0.980. The number of β-amino-alcohol motifs (C(OH)–C–C–N with tert-alkyl or cyclic N) is 1. The third-order valence-corrected chi connectivity index (χ3v) is 8.82. The second-order valence-corrected chi connectivity index (χ2v) is 10.9. The van der Waals surface area contributed by atoms with Crippen LogP contribution in [0.3, 0.4) is 0 Å². The van der Waals surface area contributed by atoms with Gasteiger partial charge in [0.05, 0.1) is 5.60 Å². The zero-order chi connectivity index (χ0) is 21.0. The standard InChI is InChI=1S/C25H39N3O2/c1-26(2)25(21-7-4-3-5-8-21)15-13-23(14-16-25)18-27(19-24(30)11-6-12-24)22(29)28(23)17-20-9-10-20/h3-5,7-8,20,22,29-30H,6,9-19H2,1-2H3. The summed E-state index contributed by atoms with van der Waals surface area (Å²) in [4.78, 5) is 7.03. The molecule has 1 saturated heterocycles. The van der Waals surface area contributed by atoms with Crippen LogP contribution in [0.15, 0.2) is 30.3 Å². The molecule has 5 rings (SSSR count). The Bertz CT molecular complexity index is 736. The van der Waals surface area contributed by atoms with Gasteiger partial charge < -0.3 is 10.2 Å². The number of aliphatic hydroxyl groups is 2. The number of hydrogen-bond acceptors (Lipinski definition) is 5. The SMILES string of the molecule is CN(C)C1(c2ccccc2)CCC2(CC1)CN(CC1(O)CCC1)C(O)N2CC1CC1. The van der Waals surface area contributed by atoms with Gasteiger partial charge in [-0.05, 0) is 83.4 Å². The Labute approximate surface area is 181 Å². The van der Waals surface area contributed by atoms with Crippen LogP contribution in [0.2, 0.25) is 0 Å². The summed E-state index contributed by atoms with van der Waals surface area (Å²) in [5, 5.41) is 22.1. The first-order chi connectivity index (χ1) is 14.4. The van der Waals surface area contributed by atoms with Crippen molar-refractivity contribution >= 4 is 0 Å². The molecule has 1 heterocycles. The van der Waals surface area contributed by atoms with Gasteiger partial charge >= 0.3 is 0 Å². The van der Waals surface area contributed by atoms with Crippen molar-refractivity contribution in [2.45, 2.75) is 80.8 Å². The molecule has 166 valence electrons. The smallest absolute Gasteiger partial charge is 0.166 e. The van der Waals surface area contributed by atoms with Gasteiger partial charge in [-0.1, -0.05) is 30.3 Å². The number of hydrogen-bond donors (Lipinski definition) is 2. The number of rotatable bonds is 6. The fourth-order valence-corrected chi connectivity index (χ4v) is 6.43. The first-order valence-electron chi connectivity index (χ1n) is 12.0. The van der Waals surface area contributed by atoms with Crippen LogP contribution in [0, 0.1) is 5.92 Å². The van der Waals surface area contributed by atoms with Gasteiger partial charge in [0.15, 0.2) is 6.35 Å². The molecule has 0 radical (unpaired) electrons. The highest BCUT2D eigenvalue weighted by Gasteiger charge is 2.56. The van der Waals surface area contributed by atoms with Crippen LogP contribution in [0.5, 0.6) is 0 Å². The number of aliphatic hydroxyl groups excluding tert-OH is 1. The first kappa shape index (κ1) is 20.9. The molecule has 0 amide bonds. The van der Waals surface area contributed by atoms with E-state index in [4.69, 9.17) is 0 Å². The van der Waals surface area contributed by atoms with Crippen LogP contribution in [-0.4, -0.2) is 76.1 Å². The van der Waals surface area contributed by atoms with Gasteiger partial charge in [0, 0.05) is 30.7 Å². The number of nitrogens with zero attached hydrogens (tertiary/aromatic N) is 3. The van der Waals surface area contributed by atoms with Crippen molar-refractivity contribution in [2.24, 2.45) is 5.92 Å². The van der Waals surface area contributed by atoms with Crippen molar-refractivity contribution in [1.29, 1.82) is 0 Å². The minimum atomic E-state index is -0.580. The summed E-state index contributed by atoms with van der Waals surface area (Å²) in [5.41, 5.74) is 0.945. The monoisotopic (exact) mass is 413 g/mol. The topological polar surface area (TPSA) is 50.2 Å². The maximum Gasteiger partial charge on any atom is 0.166 e. The lowest BCUT2D eigenvalue weighted by atomic mass is 9.68. The molecule has 4 fully saturated rings. The van der Waals surface area contributed by atoms with Crippen LogP contribution >= 0.6 is 0 Å². The van der Waals surface area contributed by atoms with Crippen molar-refractivity contribution in [1.82, 2.24) is 14.7 Å². The molecule has 1 spiro atoms. The third kappa shape index (κ3) is 3.53. The predicted molar refractivity (Wildman–Crippen MR) is 119 cm³/mol. The highest BCUT2D eigenvalue weighted by molar-refractivity contribution is 5.26. The summed E-state index contributed by atoms with van der Waals surface area (Å²) < 4.78 is 0. The van der Waals surface area contributed by atoms with Crippen LogP contribution in [-0.2, 0) is 5.54 Å². The Morgan fingerprint density at radius 2 is 1.67 bits per heavy atom. The fourth-order valence-electron chi connectivity index (χ4n) is 6.43. The quantitative estimate of drug-likeness (QED) is 0.751. The van der Waals surface area contributed by atoms with Gasteiger partial charge in [0.25, 0.3) is 0 Å². The van der Waals surface area contributed by atoms with Gasteiger partial charge in [0.2, 0.25) is 0 Å². The van der Waals surface area contributed by atoms with E-state index in [1.165, 1.54) is 18.4 Å². The van der Waals surface area contributed by atoms with E-state index in [0.717, 1.165) is 64.0 Å². The van der Waals surface area contributed by atoms with Crippen molar-refractivity contribution in [3.8, 4) is 0 Å². The lowest BCUT2D eigenvalue weighted by Crippen LogP contribution is -2.56. The van der Waals surface area contributed by atoms with E-state index in [-0.39, 0.29) is 11.1 Å². The van der Waals surface area contributed by atoms with Gasteiger partial charge in [-0.3, -0.25) is 14.7 Å². The molecule has 5 nitrogen and oxygen atoms in total. The third-order valence-electron chi connectivity index (χ3n) is 8.82. The second-order valence-electron chi connectivity index (χ2n) is 10.9. The second kappa shape index (κ2) is 7.56. The minimum absolute atomic E-state index is 0.0381. The van der Waals surface area contributed by atoms with Crippen molar-refractivity contribution in [3.63, 3.8) is 0 Å². The van der Waals surface area contributed by atoms with E-state index in [1.807, 2.05) is 0 Å². The molecular formula is C25H39N3O2. The van der Waals surface area contributed by atoms with Gasteiger partial charge in [-0.15, -0.1) is 0 Å². The van der Waals surface area contributed by atoms with Crippen LogP contribution in [0.25, 0.3) is 0 Å². The lowest BCUT2D eigenvalue weighted by molar-refractivity contribution is -0.126. The summed E-state index contributed by atoms with van der Waals surface area (Å²) in [7, 11) is 4.43. The summed E-state index contributed by atoms with van der Waals surface area (Å²) >= 11 is 0. The molecule has 1 aromatic rings. The maximum atomic E-state index is 11.3. The molecule has 1 atom stereocenters. The van der Waals surface area contributed by atoms with E-state index in [2.05, 4.69) is 59.1 Å². The van der Waals surface area contributed by atoms with Crippen LogP contribution in [0.1, 0.15) is 63.4 Å². The largest absolute Gasteiger partial charge is 0.389 e. The molecule has 0 bridgehead atoms. The minimum Gasteiger partial charge on any atom is -0.389 e. The highest BCUT2D eigenvalue weighted by atomic mass is 16.3. The fraction of sp³-hybridized carbons (Fsp3) is 0.760. The van der Waals surface area contributed by atoms with Crippen molar-refractivity contribution in [3.05, 3.63) is 35.9 Å². The summed E-state index contributed by atoms with van der Waals surface area (Å²) in [6, 6.07) is 11.0. The normalized spacial score (nSPS) is 37.0. The van der Waals surface area contributed by atoms with E-state index >= 15 is 0 Å². The molecule has 1 aliphatic heterocycles. The highest BCUT2D eigenvalue weighted by Crippen LogP contribution is 2.51. The van der Waals surface area contributed by atoms with Crippen molar-refractivity contribution < 1.29 is 10.2 Å². The lowest BCUT2D eigenvalue weighted by Gasteiger charge is -2.51. The molecule has 3 aliphatic carbocycles. The molecule has 1 aromatic carbocycles. The zero-order valence-corrected chi connectivity index (χ0v) is 18.8. The Balaban J connectivity index is 1.38. The van der Waals surface area contributed by atoms with Gasteiger partial charge in [0.1, 0.15) is 0 Å². The van der Waals surface area contributed by atoms with Gasteiger partial charge in [-0.25, -0.2) is 0 Å². The molecule has 2 N–H and O–H groups in total. The average molecular weight is 414 g/mol. The van der Waals surface area contributed by atoms with E-state index in [0.29, 0.717) is 6.54 Å². The molecular weight excluding hydrogens is 374 g/mol. The van der Waals surface area contributed by atoms with Gasteiger partial charge in [-0.2, -0.15) is 0 Å². The average Bonchev–Trinajstić information content (AvgIpc) is 3.51. The summed E-state index contributed by atoms with van der Waals surface area (Å²) in [5.74, 6) is 0.748. The number of benzene rings is 1. The molecule has 4 aliphatic rings. The molecule has 0 aromatic heterocycles. The van der Waals surface area contributed by atoms with E-state index in [9.17, 15) is 10.2 Å². The molecule has 30 heavy (non-hydrogen) atoms. The van der Waals surface area contributed by atoms with Crippen LogP contribution in [0.4, 0.5) is 0 Å². The van der Waals surface area contributed by atoms with E-state index < -0.39 is 12.0 Å². The maximum absolute atomic E-state index is 11.3. The summed E-state index contributed by atoms with van der Waals surface area (Å²) in [6.07, 6.45) is 9.33. The van der Waals surface area contributed by atoms with E-state index in [1.54, 1.807) is 0 Å².